The zero-order valence-corrected chi connectivity index (χ0v) is 20.4. The quantitative estimate of drug-likeness (QED) is 0.228. The maximum Gasteiger partial charge on any atom is 0.326 e. The number of benzene rings is 1. The second-order valence-electron chi connectivity index (χ2n) is 8.56. The van der Waals surface area contributed by atoms with Crippen LogP contribution in [0, 0.1) is 0 Å². The number of carbonyl (C=O) groups excluding carboxylic acids is 3. The molecular weight excluding hydrogens is 434 g/mol. The topological polar surface area (TPSA) is 125 Å². The smallest absolute Gasteiger partial charge is 0.326 e. The first-order valence-corrected chi connectivity index (χ1v) is 12.5. The van der Waals surface area contributed by atoms with Gasteiger partial charge in [-0.05, 0) is 18.4 Å². The Bertz CT molecular complexity index is 739. The molecule has 0 aliphatic heterocycles. The molecule has 34 heavy (non-hydrogen) atoms. The van der Waals surface area contributed by atoms with E-state index in [1.54, 1.807) is 6.92 Å². The van der Waals surface area contributed by atoms with E-state index in [1.165, 1.54) is 0 Å². The second-order valence-corrected chi connectivity index (χ2v) is 8.56. The highest BCUT2D eigenvalue weighted by Crippen LogP contribution is 2.11. The Morgan fingerprint density at radius 3 is 1.94 bits per heavy atom. The lowest BCUT2D eigenvalue weighted by molar-refractivity contribution is -0.141. The van der Waals surface area contributed by atoms with Crippen molar-refractivity contribution in [1.82, 2.24) is 16.0 Å². The summed E-state index contributed by atoms with van der Waals surface area (Å²) in [5.74, 6) is -1.49. The molecule has 0 aliphatic rings. The Morgan fingerprint density at radius 1 is 0.765 bits per heavy atom. The van der Waals surface area contributed by atoms with Crippen molar-refractivity contribution < 1.29 is 24.3 Å². The molecule has 4 N–H and O–H groups in total. The van der Waals surface area contributed by atoms with E-state index in [-0.39, 0.29) is 30.7 Å². The molecule has 0 aliphatic carbocycles. The molecule has 1 atom stereocenters. The zero-order chi connectivity index (χ0) is 25.0. The molecule has 8 nitrogen and oxygen atoms in total. The Kier molecular flexibility index (Phi) is 15.9. The fourth-order valence-corrected chi connectivity index (χ4v) is 3.56. The molecular formula is C26H41N3O5. The van der Waals surface area contributed by atoms with Gasteiger partial charge in [-0.25, -0.2) is 4.79 Å². The largest absolute Gasteiger partial charge is 0.480 e. The highest BCUT2D eigenvalue weighted by molar-refractivity contribution is 5.84. The SMILES string of the molecule is CCC(=O)NCC(=O)NCCCCCCCCCCCC(=O)N[C@@H](Cc1ccccc1)C(=O)O. The average Bonchev–Trinajstić information content (AvgIpc) is 2.83. The van der Waals surface area contributed by atoms with Gasteiger partial charge in [-0.15, -0.1) is 0 Å². The minimum absolute atomic E-state index is 0.0438. The van der Waals surface area contributed by atoms with E-state index in [2.05, 4.69) is 16.0 Å². The molecule has 0 bridgehead atoms. The summed E-state index contributed by atoms with van der Waals surface area (Å²) in [6.45, 7) is 2.43. The molecule has 1 aromatic rings. The third-order valence-electron chi connectivity index (χ3n) is 5.59. The van der Waals surface area contributed by atoms with E-state index < -0.39 is 12.0 Å². The van der Waals surface area contributed by atoms with Gasteiger partial charge in [-0.2, -0.15) is 0 Å². The van der Waals surface area contributed by atoms with Gasteiger partial charge >= 0.3 is 5.97 Å². The number of aliphatic carboxylic acids is 1. The number of hydrogen-bond acceptors (Lipinski definition) is 4. The fraction of sp³-hybridized carbons (Fsp3) is 0.615. The molecule has 3 amide bonds. The van der Waals surface area contributed by atoms with Gasteiger partial charge in [0.2, 0.25) is 17.7 Å². The summed E-state index contributed by atoms with van der Waals surface area (Å²) in [6, 6.07) is 8.41. The van der Waals surface area contributed by atoms with Crippen molar-refractivity contribution in [2.24, 2.45) is 0 Å². The number of carbonyl (C=O) groups is 4. The summed E-state index contributed by atoms with van der Waals surface area (Å²) < 4.78 is 0. The van der Waals surface area contributed by atoms with Gasteiger partial charge in [0.1, 0.15) is 6.04 Å². The first-order valence-electron chi connectivity index (χ1n) is 12.5. The van der Waals surface area contributed by atoms with Crippen molar-refractivity contribution in [1.29, 1.82) is 0 Å². The number of unbranched alkanes of at least 4 members (excludes halogenated alkanes) is 8. The van der Waals surface area contributed by atoms with Crippen LogP contribution < -0.4 is 16.0 Å². The number of carboxylic acid groups (broad SMARTS) is 1. The monoisotopic (exact) mass is 475 g/mol. The Hall–Kier alpha value is -2.90. The standard InChI is InChI=1S/C26H41N3O5/c1-2-23(30)28-20-25(32)27-18-14-9-7-5-3-4-6-8-13-17-24(31)29-22(26(33)34)19-21-15-11-10-12-16-21/h10-12,15-16,22H,2-9,13-14,17-20H2,1H3,(H,27,32)(H,28,30)(H,29,31)(H,33,34)/t22-/m0/s1. The highest BCUT2D eigenvalue weighted by atomic mass is 16.4. The van der Waals surface area contributed by atoms with Crippen LogP contribution in [0.25, 0.3) is 0 Å². The van der Waals surface area contributed by atoms with Crippen LogP contribution in [0.3, 0.4) is 0 Å². The van der Waals surface area contributed by atoms with Crippen LogP contribution in [-0.4, -0.2) is 47.9 Å². The summed E-state index contributed by atoms with van der Waals surface area (Å²) in [5, 5.41) is 17.4. The predicted molar refractivity (Wildman–Crippen MR) is 132 cm³/mol. The molecule has 8 heteroatoms. The van der Waals surface area contributed by atoms with Gasteiger partial charge < -0.3 is 21.1 Å². The molecule has 0 saturated heterocycles. The molecule has 0 radical (unpaired) electrons. The second kappa shape index (κ2) is 18.5. The molecule has 1 rings (SSSR count). The van der Waals surface area contributed by atoms with Gasteiger partial charge in [0.15, 0.2) is 0 Å². The van der Waals surface area contributed by atoms with E-state index in [9.17, 15) is 24.3 Å². The molecule has 0 saturated carbocycles. The molecule has 0 heterocycles. The molecule has 0 fully saturated rings. The third-order valence-corrected chi connectivity index (χ3v) is 5.59. The lowest BCUT2D eigenvalue weighted by atomic mass is 10.0. The van der Waals surface area contributed by atoms with Gasteiger partial charge in [0, 0.05) is 25.8 Å². The number of carboxylic acids is 1. The normalized spacial score (nSPS) is 11.4. The average molecular weight is 476 g/mol. The first kappa shape index (κ1) is 29.1. The fourth-order valence-electron chi connectivity index (χ4n) is 3.56. The molecule has 1 aromatic carbocycles. The molecule has 0 unspecified atom stereocenters. The van der Waals surface area contributed by atoms with Crippen LogP contribution in [0.1, 0.15) is 83.1 Å². The van der Waals surface area contributed by atoms with Gasteiger partial charge in [-0.1, -0.05) is 82.2 Å². The van der Waals surface area contributed by atoms with Crippen molar-refractivity contribution in [3.63, 3.8) is 0 Å². The van der Waals surface area contributed by atoms with Crippen molar-refractivity contribution >= 4 is 23.7 Å². The van der Waals surface area contributed by atoms with E-state index in [1.807, 2.05) is 30.3 Å². The van der Waals surface area contributed by atoms with Crippen LogP contribution in [0.5, 0.6) is 0 Å². The summed E-state index contributed by atoms with van der Waals surface area (Å²) in [7, 11) is 0. The van der Waals surface area contributed by atoms with Crippen molar-refractivity contribution in [3.05, 3.63) is 35.9 Å². The van der Waals surface area contributed by atoms with Crippen molar-refractivity contribution in [3.8, 4) is 0 Å². The molecule has 0 aromatic heterocycles. The number of nitrogens with one attached hydrogen (secondary N) is 3. The van der Waals surface area contributed by atoms with Gasteiger partial charge in [0.25, 0.3) is 0 Å². The third kappa shape index (κ3) is 15.0. The Balaban J connectivity index is 1.96. The summed E-state index contributed by atoms with van der Waals surface area (Å²) in [4.78, 5) is 46.2. The van der Waals surface area contributed by atoms with Crippen LogP contribution >= 0.6 is 0 Å². The molecule has 0 spiro atoms. The van der Waals surface area contributed by atoms with E-state index in [0.29, 0.717) is 19.4 Å². The number of rotatable bonds is 19. The first-order chi connectivity index (χ1) is 16.4. The summed E-state index contributed by atoms with van der Waals surface area (Å²) in [6.07, 6.45) is 10.4. The van der Waals surface area contributed by atoms with Crippen LogP contribution in [0.15, 0.2) is 30.3 Å². The van der Waals surface area contributed by atoms with Crippen molar-refractivity contribution in [2.75, 3.05) is 13.1 Å². The van der Waals surface area contributed by atoms with Crippen LogP contribution in [0.4, 0.5) is 0 Å². The maximum atomic E-state index is 12.1. The number of amides is 3. The minimum Gasteiger partial charge on any atom is -0.480 e. The van der Waals surface area contributed by atoms with Crippen LogP contribution in [0.2, 0.25) is 0 Å². The van der Waals surface area contributed by atoms with E-state index in [4.69, 9.17) is 0 Å². The Labute approximate surface area is 203 Å². The predicted octanol–water partition coefficient (Wildman–Crippen LogP) is 3.34. The van der Waals surface area contributed by atoms with Crippen LogP contribution in [-0.2, 0) is 25.6 Å². The van der Waals surface area contributed by atoms with E-state index >= 15 is 0 Å². The maximum absolute atomic E-state index is 12.1. The highest BCUT2D eigenvalue weighted by Gasteiger charge is 2.19. The lowest BCUT2D eigenvalue weighted by Crippen LogP contribution is -2.42. The van der Waals surface area contributed by atoms with Gasteiger partial charge in [0.05, 0.1) is 6.54 Å². The molecule has 190 valence electrons. The van der Waals surface area contributed by atoms with Crippen molar-refractivity contribution in [2.45, 2.75) is 90.0 Å². The van der Waals surface area contributed by atoms with Gasteiger partial charge in [-0.3, -0.25) is 14.4 Å². The minimum atomic E-state index is -1.01. The number of hydrogen-bond donors (Lipinski definition) is 4. The Morgan fingerprint density at radius 2 is 1.35 bits per heavy atom. The lowest BCUT2D eigenvalue weighted by Gasteiger charge is -2.14. The van der Waals surface area contributed by atoms with E-state index in [0.717, 1.165) is 63.4 Å². The summed E-state index contributed by atoms with van der Waals surface area (Å²) in [5.41, 5.74) is 0.886. The zero-order valence-electron chi connectivity index (χ0n) is 20.4. The summed E-state index contributed by atoms with van der Waals surface area (Å²) >= 11 is 0.